The Balaban J connectivity index is 1.44. The van der Waals surface area contributed by atoms with Crippen LogP contribution in [0.3, 0.4) is 0 Å². The monoisotopic (exact) mass is 488 g/mol. The second-order valence-corrected chi connectivity index (χ2v) is 7.75. The number of barbiturate groups is 1. The number of carbonyl (C=O) groups excluding carboxylic acids is 3. The summed E-state index contributed by atoms with van der Waals surface area (Å²) in [5.41, 5.74) is 2.24. The van der Waals surface area contributed by atoms with Gasteiger partial charge in [-0.15, -0.1) is 0 Å². The number of hydrogen-bond acceptors (Lipinski definition) is 7. The van der Waals surface area contributed by atoms with Crippen LogP contribution < -0.4 is 29.6 Å². The van der Waals surface area contributed by atoms with Crippen LogP contribution in [-0.4, -0.2) is 32.1 Å². The number of imide groups is 2. The van der Waals surface area contributed by atoms with Crippen LogP contribution in [-0.2, 0) is 22.8 Å². The maximum absolute atomic E-state index is 12.0. The molecule has 3 aromatic carbocycles. The minimum absolute atomic E-state index is 0.188. The van der Waals surface area contributed by atoms with Gasteiger partial charge in [-0.25, -0.2) is 4.79 Å². The molecule has 9 nitrogen and oxygen atoms in total. The summed E-state index contributed by atoms with van der Waals surface area (Å²) < 4.78 is 22.7. The van der Waals surface area contributed by atoms with Crippen LogP contribution in [0.1, 0.15) is 16.7 Å². The molecule has 1 saturated heterocycles. The average Bonchev–Trinajstić information content (AvgIpc) is 2.89. The highest BCUT2D eigenvalue weighted by atomic mass is 16.5. The molecule has 1 heterocycles. The highest BCUT2D eigenvalue weighted by molar-refractivity contribution is 6.31. The SMILES string of the molecule is COc1cc(C=C2C(=O)NC(=O)NC2=O)ccc1OCc1ccc(OCc2ccccc2)c(OC)c1. The van der Waals surface area contributed by atoms with Gasteiger partial charge in [-0.3, -0.25) is 20.2 Å². The van der Waals surface area contributed by atoms with Crippen molar-refractivity contribution >= 4 is 23.9 Å². The fraction of sp³-hybridized carbons (Fsp3) is 0.148. The molecule has 0 unspecified atom stereocenters. The van der Waals surface area contributed by atoms with Crippen LogP contribution >= 0.6 is 0 Å². The van der Waals surface area contributed by atoms with Gasteiger partial charge in [0.2, 0.25) is 0 Å². The summed E-state index contributed by atoms with van der Waals surface area (Å²) in [6.07, 6.45) is 1.36. The third-order valence-corrected chi connectivity index (χ3v) is 5.30. The zero-order valence-corrected chi connectivity index (χ0v) is 19.7. The molecule has 9 heteroatoms. The van der Waals surface area contributed by atoms with E-state index in [-0.39, 0.29) is 12.2 Å². The summed E-state index contributed by atoms with van der Waals surface area (Å²) in [5, 5.41) is 4.07. The lowest BCUT2D eigenvalue weighted by atomic mass is 10.1. The van der Waals surface area contributed by atoms with Gasteiger partial charge in [0.25, 0.3) is 11.8 Å². The van der Waals surface area contributed by atoms with Crippen molar-refractivity contribution in [1.29, 1.82) is 0 Å². The molecule has 184 valence electrons. The molecule has 36 heavy (non-hydrogen) atoms. The number of methoxy groups -OCH3 is 2. The Kier molecular flexibility index (Phi) is 7.50. The first kappa shape index (κ1) is 24.3. The van der Waals surface area contributed by atoms with E-state index in [2.05, 4.69) is 0 Å². The molecule has 0 aliphatic carbocycles. The van der Waals surface area contributed by atoms with E-state index in [4.69, 9.17) is 18.9 Å². The van der Waals surface area contributed by atoms with Gasteiger partial charge >= 0.3 is 6.03 Å². The zero-order valence-electron chi connectivity index (χ0n) is 19.7. The van der Waals surface area contributed by atoms with Crippen LogP contribution in [0.5, 0.6) is 23.0 Å². The third kappa shape index (κ3) is 5.82. The number of benzene rings is 3. The number of carbonyl (C=O) groups is 3. The smallest absolute Gasteiger partial charge is 0.328 e. The molecule has 0 saturated carbocycles. The zero-order chi connectivity index (χ0) is 25.5. The molecule has 1 aliphatic heterocycles. The Hall–Kier alpha value is -4.79. The van der Waals surface area contributed by atoms with Gasteiger partial charge < -0.3 is 18.9 Å². The Morgan fingerprint density at radius 2 is 1.25 bits per heavy atom. The maximum atomic E-state index is 12.0. The van der Waals surface area contributed by atoms with E-state index >= 15 is 0 Å². The second-order valence-electron chi connectivity index (χ2n) is 7.75. The molecule has 2 N–H and O–H groups in total. The molecular weight excluding hydrogens is 464 g/mol. The van der Waals surface area contributed by atoms with E-state index in [9.17, 15) is 14.4 Å². The molecular formula is C27H24N2O7. The molecule has 0 bridgehead atoms. The molecule has 4 amide bonds. The van der Waals surface area contributed by atoms with Gasteiger partial charge in [0.15, 0.2) is 23.0 Å². The molecule has 0 atom stereocenters. The lowest BCUT2D eigenvalue weighted by Gasteiger charge is -2.15. The van der Waals surface area contributed by atoms with Gasteiger partial charge in [0, 0.05) is 0 Å². The average molecular weight is 488 g/mol. The predicted octanol–water partition coefficient (Wildman–Crippen LogP) is 3.61. The van der Waals surface area contributed by atoms with Crippen molar-refractivity contribution in [3.63, 3.8) is 0 Å². The fourth-order valence-electron chi connectivity index (χ4n) is 3.48. The second kappa shape index (κ2) is 11.1. The van der Waals surface area contributed by atoms with Crippen LogP contribution in [0.15, 0.2) is 72.3 Å². The van der Waals surface area contributed by atoms with E-state index in [0.717, 1.165) is 11.1 Å². The Morgan fingerprint density at radius 1 is 0.667 bits per heavy atom. The van der Waals surface area contributed by atoms with Gasteiger partial charge in [0.05, 0.1) is 14.2 Å². The number of hydrogen-bond donors (Lipinski definition) is 2. The Labute approximate surface area is 207 Å². The minimum atomic E-state index is -0.851. The Bertz CT molecular complexity index is 1300. The van der Waals surface area contributed by atoms with E-state index in [1.807, 2.05) is 59.2 Å². The lowest BCUT2D eigenvalue weighted by molar-refractivity contribution is -0.123. The van der Waals surface area contributed by atoms with Crippen molar-refractivity contribution in [3.8, 4) is 23.0 Å². The van der Waals surface area contributed by atoms with Gasteiger partial charge in [-0.1, -0.05) is 42.5 Å². The number of amides is 4. The van der Waals surface area contributed by atoms with Crippen molar-refractivity contribution in [1.82, 2.24) is 10.6 Å². The largest absolute Gasteiger partial charge is 0.493 e. The van der Waals surface area contributed by atoms with Crippen molar-refractivity contribution in [2.75, 3.05) is 14.2 Å². The number of rotatable bonds is 9. The van der Waals surface area contributed by atoms with Crippen molar-refractivity contribution in [2.45, 2.75) is 13.2 Å². The standard InChI is InChI=1S/C27H24N2O7/c1-33-23-13-18(12-20-25(30)28-27(32)29-26(20)31)8-10-21(23)36-16-19-9-11-22(24(14-19)34-2)35-15-17-6-4-3-5-7-17/h3-14H,15-16H2,1-2H3,(H2,28,29,30,31,32). The first-order chi connectivity index (χ1) is 17.5. The minimum Gasteiger partial charge on any atom is -0.493 e. The highest BCUT2D eigenvalue weighted by Gasteiger charge is 2.27. The summed E-state index contributed by atoms with van der Waals surface area (Å²) in [4.78, 5) is 35.1. The topological polar surface area (TPSA) is 112 Å². The van der Waals surface area contributed by atoms with Gasteiger partial charge in [-0.05, 0) is 47.0 Å². The normalized spacial score (nSPS) is 12.9. The van der Waals surface area contributed by atoms with Crippen molar-refractivity contribution < 1.29 is 33.3 Å². The van der Waals surface area contributed by atoms with Crippen LogP contribution in [0, 0.1) is 0 Å². The molecule has 1 fully saturated rings. The number of urea groups is 1. The number of ether oxygens (including phenoxy) is 4. The number of nitrogens with one attached hydrogen (secondary N) is 2. The fourth-order valence-corrected chi connectivity index (χ4v) is 3.48. The quantitative estimate of drug-likeness (QED) is 0.350. The van der Waals surface area contributed by atoms with Crippen LogP contribution in [0.2, 0.25) is 0 Å². The lowest BCUT2D eigenvalue weighted by Crippen LogP contribution is -2.51. The van der Waals surface area contributed by atoms with Gasteiger partial charge in [-0.2, -0.15) is 0 Å². The summed E-state index contributed by atoms with van der Waals surface area (Å²) in [5.74, 6) is 0.546. The molecule has 3 aromatic rings. The van der Waals surface area contributed by atoms with Crippen molar-refractivity contribution in [3.05, 3.63) is 89.0 Å². The summed E-state index contributed by atoms with van der Waals surface area (Å²) in [6.45, 7) is 0.658. The summed E-state index contributed by atoms with van der Waals surface area (Å²) in [6, 6.07) is 19.5. The maximum Gasteiger partial charge on any atom is 0.328 e. The van der Waals surface area contributed by atoms with E-state index in [1.165, 1.54) is 13.2 Å². The van der Waals surface area contributed by atoms with E-state index in [0.29, 0.717) is 35.2 Å². The molecule has 1 aliphatic rings. The van der Waals surface area contributed by atoms with E-state index in [1.54, 1.807) is 25.3 Å². The first-order valence-electron chi connectivity index (χ1n) is 11.0. The Morgan fingerprint density at radius 3 is 1.89 bits per heavy atom. The molecule has 0 radical (unpaired) electrons. The van der Waals surface area contributed by atoms with E-state index < -0.39 is 17.8 Å². The van der Waals surface area contributed by atoms with Gasteiger partial charge in [0.1, 0.15) is 18.8 Å². The highest BCUT2D eigenvalue weighted by Crippen LogP contribution is 2.32. The molecule has 4 rings (SSSR count). The van der Waals surface area contributed by atoms with Crippen LogP contribution in [0.4, 0.5) is 4.79 Å². The molecule has 0 aromatic heterocycles. The summed E-state index contributed by atoms with van der Waals surface area (Å²) >= 11 is 0. The summed E-state index contributed by atoms with van der Waals surface area (Å²) in [7, 11) is 3.06. The van der Waals surface area contributed by atoms with Crippen LogP contribution in [0.25, 0.3) is 6.08 Å². The third-order valence-electron chi connectivity index (χ3n) is 5.30. The first-order valence-corrected chi connectivity index (χ1v) is 11.0. The predicted molar refractivity (Wildman–Crippen MR) is 131 cm³/mol. The molecule has 0 spiro atoms. The van der Waals surface area contributed by atoms with Crippen molar-refractivity contribution in [2.24, 2.45) is 0 Å².